The van der Waals surface area contributed by atoms with Crippen molar-refractivity contribution in [3.63, 3.8) is 0 Å². The molecule has 4 aromatic carbocycles. The fraction of sp³-hybridized carbons (Fsp3) is 0.0357. The van der Waals surface area contributed by atoms with Crippen molar-refractivity contribution in [2.45, 2.75) is 6.92 Å². The van der Waals surface area contributed by atoms with E-state index in [4.69, 9.17) is 4.74 Å². The molecule has 0 saturated carbocycles. The third-order valence-electron chi connectivity index (χ3n) is 5.59. The lowest BCUT2D eigenvalue weighted by Gasteiger charge is -2.13. The second kappa shape index (κ2) is 8.67. The summed E-state index contributed by atoms with van der Waals surface area (Å²) < 4.78 is 5.95. The number of benzene rings is 4. The lowest BCUT2D eigenvalue weighted by Crippen LogP contribution is -2.29. The summed E-state index contributed by atoms with van der Waals surface area (Å²) in [7, 11) is 0. The first-order valence-corrected chi connectivity index (χ1v) is 10.7. The van der Waals surface area contributed by atoms with E-state index in [-0.39, 0.29) is 17.4 Å². The van der Waals surface area contributed by atoms with Gasteiger partial charge in [-0.25, -0.2) is 4.90 Å². The van der Waals surface area contributed by atoms with Gasteiger partial charge in [-0.3, -0.25) is 14.4 Å². The molecular formula is C28H20N2O4. The monoisotopic (exact) mass is 448 g/mol. The molecular weight excluding hydrogens is 428 g/mol. The molecule has 166 valence electrons. The Morgan fingerprint density at radius 3 is 2.24 bits per heavy atom. The van der Waals surface area contributed by atoms with Gasteiger partial charge in [0.05, 0.1) is 16.8 Å². The second-order valence-corrected chi connectivity index (χ2v) is 7.89. The van der Waals surface area contributed by atoms with Crippen LogP contribution in [0.1, 0.15) is 36.6 Å². The van der Waals surface area contributed by atoms with Gasteiger partial charge in [-0.05, 0) is 61.0 Å². The molecule has 34 heavy (non-hydrogen) atoms. The maximum absolute atomic E-state index is 13.0. The number of nitrogens with zero attached hydrogens (tertiary/aromatic N) is 1. The Bertz CT molecular complexity index is 1430. The maximum Gasteiger partial charge on any atom is 0.266 e. The summed E-state index contributed by atoms with van der Waals surface area (Å²) >= 11 is 0. The molecule has 0 atom stereocenters. The van der Waals surface area contributed by atoms with Crippen LogP contribution in [0.4, 0.5) is 11.4 Å². The molecule has 1 N–H and O–H groups in total. The summed E-state index contributed by atoms with van der Waals surface area (Å²) in [6.45, 7) is 1.88. The van der Waals surface area contributed by atoms with E-state index < -0.39 is 5.91 Å². The first-order chi connectivity index (χ1) is 16.5. The van der Waals surface area contributed by atoms with E-state index in [1.165, 1.54) is 0 Å². The number of nitrogens with one attached hydrogen (secondary N) is 1. The highest BCUT2D eigenvalue weighted by atomic mass is 16.5. The van der Waals surface area contributed by atoms with E-state index in [1.807, 2.05) is 31.2 Å². The van der Waals surface area contributed by atoms with Crippen LogP contribution < -0.4 is 15.0 Å². The number of para-hydroxylation sites is 1. The lowest BCUT2D eigenvalue weighted by atomic mass is 10.1. The highest BCUT2D eigenvalue weighted by Gasteiger charge is 2.36. The van der Waals surface area contributed by atoms with Crippen LogP contribution in [0.3, 0.4) is 0 Å². The predicted molar refractivity (Wildman–Crippen MR) is 130 cm³/mol. The van der Waals surface area contributed by atoms with E-state index in [0.717, 1.165) is 10.5 Å². The minimum absolute atomic E-state index is 0.210. The van der Waals surface area contributed by atoms with Crippen LogP contribution in [0.25, 0.3) is 0 Å². The Kier molecular flexibility index (Phi) is 5.40. The van der Waals surface area contributed by atoms with E-state index in [1.54, 1.807) is 72.8 Å². The molecule has 5 rings (SSSR count). The Morgan fingerprint density at radius 1 is 0.735 bits per heavy atom. The lowest BCUT2D eigenvalue weighted by molar-refractivity contribution is 0.0924. The number of aryl methyl sites for hydroxylation is 1. The number of rotatable bonds is 5. The molecule has 0 spiro atoms. The molecule has 6 heteroatoms. The van der Waals surface area contributed by atoms with Gasteiger partial charge in [-0.1, -0.05) is 42.5 Å². The van der Waals surface area contributed by atoms with Gasteiger partial charge in [0.2, 0.25) is 0 Å². The van der Waals surface area contributed by atoms with Crippen molar-refractivity contribution in [3.05, 3.63) is 119 Å². The molecule has 1 heterocycles. The fourth-order valence-corrected chi connectivity index (χ4v) is 3.89. The first-order valence-electron chi connectivity index (χ1n) is 10.7. The fourth-order valence-electron chi connectivity index (χ4n) is 3.89. The van der Waals surface area contributed by atoms with Gasteiger partial charge in [0, 0.05) is 17.3 Å². The van der Waals surface area contributed by atoms with Crippen LogP contribution in [0.15, 0.2) is 97.1 Å². The Labute approximate surface area is 196 Å². The maximum atomic E-state index is 13.0. The minimum Gasteiger partial charge on any atom is -0.457 e. The van der Waals surface area contributed by atoms with E-state index in [2.05, 4.69) is 5.32 Å². The van der Waals surface area contributed by atoms with Crippen molar-refractivity contribution in [2.24, 2.45) is 0 Å². The van der Waals surface area contributed by atoms with Crippen molar-refractivity contribution in [3.8, 4) is 11.5 Å². The zero-order valence-corrected chi connectivity index (χ0v) is 18.3. The molecule has 0 radical (unpaired) electrons. The second-order valence-electron chi connectivity index (χ2n) is 7.89. The summed E-state index contributed by atoms with van der Waals surface area (Å²) in [6, 6.07) is 28.0. The molecule has 1 aliphatic rings. The topological polar surface area (TPSA) is 75.7 Å². The van der Waals surface area contributed by atoms with Crippen LogP contribution in [0.2, 0.25) is 0 Å². The molecule has 0 aromatic heterocycles. The molecule has 0 unspecified atom stereocenters. The van der Waals surface area contributed by atoms with Crippen LogP contribution in [-0.2, 0) is 0 Å². The normalized spacial score (nSPS) is 12.4. The Hall–Kier alpha value is -4.71. The molecule has 6 nitrogen and oxygen atoms in total. The summed E-state index contributed by atoms with van der Waals surface area (Å²) in [5.74, 6) is -0.0659. The van der Waals surface area contributed by atoms with Crippen molar-refractivity contribution in [1.82, 2.24) is 0 Å². The van der Waals surface area contributed by atoms with E-state index in [9.17, 15) is 14.4 Å². The summed E-state index contributed by atoms with van der Waals surface area (Å²) in [4.78, 5) is 39.5. The molecule has 1 aliphatic heterocycles. The number of hydrogen-bond donors (Lipinski definition) is 1. The smallest absolute Gasteiger partial charge is 0.266 e. The third-order valence-corrected chi connectivity index (χ3v) is 5.59. The SMILES string of the molecule is Cc1ccccc1C(=O)Nc1cccc(Oc2ccc3c(c2)C(=O)N(c2ccccc2)C3=O)c1. The van der Waals surface area contributed by atoms with Gasteiger partial charge in [0.25, 0.3) is 17.7 Å². The van der Waals surface area contributed by atoms with Gasteiger partial charge in [0.15, 0.2) is 0 Å². The van der Waals surface area contributed by atoms with Gasteiger partial charge in [-0.2, -0.15) is 0 Å². The molecule has 0 bridgehead atoms. The molecule has 0 fully saturated rings. The van der Waals surface area contributed by atoms with Crippen molar-refractivity contribution >= 4 is 29.1 Å². The van der Waals surface area contributed by atoms with Crippen molar-refractivity contribution in [1.29, 1.82) is 0 Å². The molecule has 0 aliphatic carbocycles. The number of hydrogen-bond acceptors (Lipinski definition) is 4. The van der Waals surface area contributed by atoms with Gasteiger partial charge < -0.3 is 10.1 Å². The largest absolute Gasteiger partial charge is 0.457 e. The van der Waals surface area contributed by atoms with E-state index in [0.29, 0.717) is 34.0 Å². The number of anilines is 2. The Balaban J connectivity index is 1.35. The average molecular weight is 448 g/mol. The summed E-state index contributed by atoms with van der Waals surface area (Å²) in [5, 5.41) is 2.88. The average Bonchev–Trinajstić information content (AvgIpc) is 3.09. The number of carbonyl (C=O) groups is 3. The van der Waals surface area contributed by atoms with Crippen molar-refractivity contribution < 1.29 is 19.1 Å². The predicted octanol–water partition coefficient (Wildman–Crippen LogP) is 5.84. The number of ether oxygens (including phenoxy) is 1. The summed E-state index contributed by atoms with van der Waals surface area (Å²) in [6.07, 6.45) is 0. The number of carbonyl (C=O) groups excluding carboxylic acids is 3. The molecule has 0 saturated heterocycles. The highest BCUT2D eigenvalue weighted by molar-refractivity contribution is 6.34. The van der Waals surface area contributed by atoms with Gasteiger partial charge in [0.1, 0.15) is 11.5 Å². The molecule has 3 amide bonds. The first kappa shape index (κ1) is 21.2. The zero-order chi connectivity index (χ0) is 23.7. The molecule has 4 aromatic rings. The van der Waals surface area contributed by atoms with Crippen molar-refractivity contribution in [2.75, 3.05) is 10.2 Å². The third kappa shape index (κ3) is 3.93. The van der Waals surface area contributed by atoms with Gasteiger partial charge >= 0.3 is 0 Å². The number of imide groups is 1. The number of amides is 3. The van der Waals surface area contributed by atoms with Crippen LogP contribution in [-0.4, -0.2) is 17.7 Å². The number of fused-ring (bicyclic) bond motifs is 1. The summed E-state index contributed by atoms with van der Waals surface area (Å²) in [5.41, 5.74) is 3.20. The van der Waals surface area contributed by atoms with E-state index >= 15 is 0 Å². The standard InChI is InChI=1S/C28H20N2O4/c1-18-8-5-6-13-23(18)26(31)29-19-9-7-12-21(16-19)34-22-14-15-24-25(17-22)28(33)30(27(24)32)20-10-3-2-4-11-20/h2-17H,1H3,(H,29,31). The quantitative estimate of drug-likeness (QED) is 0.389. The Morgan fingerprint density at radius 2 is 1.44 bits per heavy atom. The van der Waals surface area contributed by atoms with Crippen LogP contribution in [0.5, 0.6) is 11.5 Å². The zero-order valence-electron chi connectivity index (χ0n) is 18.3. The van der Waals surface area contributed by atoms with Crippen LogP contribution in [0, 0.1) is 6.92 Å². The highest BCUT2D eigenvalue weighted by Crippen LogP contribution is 2.32. The minimum atomic E-state index is -0.393. The van der Waals surface area contributed by atoms with Gasteiger partial charge in [-0.15, -0.1) is 0 Å². The van der Waals surface area contributed by atoms with Crippen LogP contribution >= 0.6 is 0 Å².